The van der Waals surface area contributed by atoms with Gasteiger partial charge in [0.15, 0.2) is 0 Å². The third-order valence-electron chi connectivity index (χ3n) is 6.62. The Bertz CT molecular complexity index is 1520. The molecule has 7 nitrogen and oxygen atoms in total. The number of sulfonamides is 1. The van der Waals surface area contributed by atoms with Gasteiger partial charge >= 0.3 is 6.18 Å². The number of carbonyl (C=O) groups is 2. The van der Waals surface area contributed by atoms with E-state index in [1.165, 1.54) is 55.5 Å². The van der Waals surface area contributed by atoms with Gasteiger partial charge in [-0.2, -0.15) is 13.2 Å². The van der Waals surface area contributed by atoms with Gasteiger partial charge in [-0.1, -0.05) is 54.9 Å². The lowest BCUT2D eigenvalue weighted by Crippen LogP contribution is -2.52. The molecule has 0 saturated carbocycles. The van der Waals surface area contributed by atoms with Crippen LogP contribution in [0.1, 0.15) is 38.3 Å². The molecule has 0 aromatic heterocycles. The van der Waals surface area contributed by atoms with E-state index in [4.69, 9.17) is 11.6 Å². The molecule has 1 N–H and O–H groups in total. The molecule has 0 saturated heterocycles. The topological polar surface area (TPSA) is 86.8 Å². The van der Waals surface area contributed by atoms with Crippen molar-refractivity contribution in [2.45, 2.75) is 56.9 Å². The number of benzene rings is 3. The Morgan fingerprint density at radius 1 is 0.976 bits per heavy atom. The summed E-state index contributed by atoms with van der Waals surface area (Å²) in [5.41, 5.74) is -1.73. The highest BCUT2D eigenvalue weighted by Gasteiger charge is 2.37. The number of alkyl halides is 3. The minimum Gasteiger partial charge on any atom is -0.352 e. The van der Waals surface area contributed by atoms with E-state index in [1.54, 1.807) is 13.0 Å². The molecule has 3 rings (SSSR count). The van der Waals surface area contributed by atoms with E-state index < -0.39 is 69.2 Å². The third kappa shape index (κ3) is 7.80. The Kier molecular flexibility index (Phi) is 10.6. The zero-order valence-electron chi connectivity index (χ0n) is 23.0. The molecule has 0 bridgehead atoms. The monoisotopic (exact) mass is 627 g/mol. The highest BCUT2D eigenvalue weighted by Crippen LogP contribution is 2.38. The maximum absolute atomic E-state index is 14.6. The quantitative estimate of drug-likeness (QED) is 0.263. The van der Waals surface area contributed by atoms with Gasteiger partial charge in [-0.3, -0.25) is 13.9 Å². The predicted octanol–water partition coefficient (Wildman–Crippen LogP) is 6.03. The molecule has 13 heteroatoms. The van der Waals surface area contributed by atoms with E-state index in [0.717, 1.165) is 17.0 Å². The molecule has 3 aromatic carbocycles. The van der Waals surface area contributed by atoms with Crippen molar-refractivity contribution in [1.82, 2.24) is 10.2 Å². The second-order valence-electron chi connectivity index (χ2n) is 9.59. The fourth-order valence-corrected chi connectivity index (χ4v) is 5.64. The van der Waals surface area contributed by atoms with Crippen LogP contribution in [-0.4, -0.2) is 43.8 Å². The normalized spacial score (nSPS) is 13.2. The van der Waals surface area contributed by atoms with Crippen LogP contribution in [0.5, 0.6) is 0 Å². The fraction of sp³-hybridized carbons (Fsp3) is 0.310. The van der Waals surface area contributed by atoms with Gasteiger partial charge in [-0.15, -0.1) is 0 Å². The molecule has 0 fully saturated rings. The van der Waals surface area contributed by atoms with E-state index in [2.05, 4.69) is 5.32 Å². The van der Waals surface area contributed by atoms with Gasteiger partial charge in [0.2, 0.25) is 11.8 Å². The zero-order valence-corrected chi connectivity index (χ0v) is 24.6. The van der Waals surface area contributed by atoms with Gasteiger partial charge < -0.3 is 10.2 Å². The van der Waals surface area contributed by atoms with E-state index >= 15 is 0 Å². The number of hydrogen-bond donors (Lipinski definition) is 1. The molecular weight excluding hydrogens is 598 g/mol. The molecule has 0 heterocycles. The van der Waals surface area contributed by atoms with Crippen LogP contribution >= 0.6 is 11.6 Å². The molecule has 0 aliphatic carbocycles. The van der Waals surface area contributed by atoms with Gasteiger partial charge in [0.1, 0.15) is 18.4 Å². The largest absolute Gasteiger partial charge is 0.417 e. The Labute approximate surface area is 247 Å². The molecule has 226 valence electrons. The number of rotatable bonds is 11. The van der Waals surface area contributed by atoms with Crippen molar-refractivity contribution < 1.29 is 35.6 Å². The van der Waals surface area contributed by atoms with Crippen LogP contribution in [0.2, 0.25) is 5.02 Å². The van der Waals surface area contributed by atoms with Gasteiger partial charge in [0, 0.05) is 18.2 Å². The Morgan fingerprint density at radius 3 is 2.19 bits per heavy atom. The van der Waals surface area contributed by atoms with Crippen LogP contribution in [0.25, 0.3) is 0 Å². The maximum Gasteiger partial charge on any atom is 0.417 e. The van der Waals surface area contributed by atoms with Crippen LogP contribution in [0.4, 0.5) is 23.2 Å². The maximum atomic E-state index is 14.6. The van der Waals surface area contributed by atoms with Gasteiger partial charge in [-0.05, 0) is 56.7 Å². The summed E-state index contributed by atoms with van der Waals surface area (Å²) in [4.78, 5) is 27.6. The number of halogens is 5. The van der Waals surface area contributed by atoms with Gasteiger partial charge in [0.25, 0.3) is 10.0 Å². The van der Waals surface area contributed by atoms with Crippen LogP contribution in [0.3, 0.4) is 0 Å². The number of nitrogens with one attached hydrogen (secondary N) is 1. The van der Waals surface area contributed by atoms with Crippen LogP contribution in [0, 0.1) is 5.82 Å². The Balaban J connectivity index is 2.11. The summed E-state index contributed by atoms with van der Waals surface area (Å²) in [7, 11) is -4.61. The zero-order chi connectivity index (χ0) is 31.2. The summed E-state index contributed by atoms with van der Waals surface area (Å²) in [6.45, 7) is 3.59. The van der Waals surface area contributed by atoms with Crippen molar-refractivity contribution >= 4 is 39.1 Å². The number of carbonyl (C=O) groups excluding carboxylic acids is 2. The molecule has 0 unspecified atom stereocenters. The second-order valence-corrected chi connectivity index (χ2v) is 11.9. The fourth-order valence-electron chi connectivity index (χ4n) is 3.99. The van der Waals surface area contributed by atoms with Crippen LogP contribution in [-0.2, 0) is 32.3 Å². The first kappa shape index (κ1) is 32.9. The molecule has 0 aliphatic rings. The second kappa shape index (κ2) is 13.6. The first-order valence-electron chi connectivity index (χ1n) is 12.9. The first-order chi connectivity index (χ1) is 19.7. The SMILES string of the molecule is CC[C@@H](C)NC(=O)[C@H](C)N(Cc1ccccc1F)C(=O)CN(c1ccc(Cl)c(C(F)(F)F)c1)S(=O)(=O)c1ccccc1. The predicted molar refractivity (Wildman–Crippen MR) is 152 cm³/mol. The Hall–Kier alpha value is -3.64. The van der Waals surface area contributed by atoms with Crippen molar-refractivity contribution in [1.29, 1.82) is 0 Å². The smallest absolute Gasteiger partial charge is 0.352 e. The summed E-state index contributed by atoms with van der Waals surface area (Å²) in [5, 5.41) is 2.08. The summed E-state index contributed by atoms with van der Waals surface area (Å²) >= 11 is 5.76. The van der Waals surface area contributed by atoms with Crippen molar-refractivity contribution in [2.24, 2.45) is 0 Å². The van der Waals surface area contributed by atoms with E-state index in [1.807, 2.05) is 6.92 Å². The molecular formula is C29H30ClF4N3O4S. The van der Waals surface area contributed by atoms with E-state index in [-0.39, 0.29) is 16.5 Å². The average Bonchev–Trinajstić information content (AvgIpc) is 2.95. The molecule has 0 aliphatic heterocycles. The van der Waals surface area contributed by atoms with Crippen molar-refractivity contribution in [2.75, 3.05) is 10.8 Å². The van der Waals surface area contributed by atoms with Crippen LogP contribution in [0.15, 0.2) is 77.7 Å². The molecule has 42 heavy (non-hydrogen) atoms. The van der Waals surface area contributed by atoms with Gasteiger partial charge in [0.05, 0.1) is 21.2 Å². The summed E-state index contributed by atoms with van der Waals surface area (Å²) < 4.78 is 83.7. The van der Waals surface area contributed by atoms with Crippen molar-refractivity contribution in [3.8, 4) is 0 Å². The number of nitrogens with zero attached hydrogens (tertiary/aromatic N) is 2. The molecule has 2 amide bonds. The number of hydrogen-bond acceptors (Lipinski definition) is 4. The lowest BCUT2D eigenvalue weighted by Gasteiger charge is -2.32. The minimum atomic E-state index is -4.92. The lowest BCUT2D eigenvalue weighted by atomic mass is 10.1. The highest BCUT2D eigenvalue weighted by molar-refractivity contribution is 7.92. The van der Waals surface area contributed by atoms with Crippen LogP contribution < -0.4 is 9.62 Å². The summed E-state index contributed by atoms with van der Waals surface area (Å²) in [6.07, 6.45) is -4.33. The highest BCUT2D eigenvalue weighted by atomic mass is 35.5. The van der Waals surface area contributed by atoms with Crippen molar-refractivity contribution in [3.63, 3.8) is 0 Å². The van der Waals surface area contributed by atoms with E-state index in [0.29, 0.717) is 16.8 Å². The first-order valence-corrected chi connectivity index (χ1v) is 14.8. The molecule has 2 atom stereocenters. The Morgan fingerprint density at radius 2 is 1.60 bits per heavy atom. The molecule has 0 radical (unpaired) electrons. The summed E-state index contributed by atoms with van der Waals surface area (Å²) in [5.74, 6) is -2.18. The number of amides is 2. The molecule has 3 aromatic rings. The number of anilines is 1. The van der Waals surface area contributed by atoms with Crippen molar-refractivity contribution in [3.05, 3.63) is 94.8 Å². The average molecular weight is 628 g/mol. The standard InChI is InChI=1S/C29H30ClF4N3O4S/c1-4-19(2)35-28(39)20(3)36(17-21-10-8-9-13-26(21)31)27(38)18-37(42(40,41)23-11-6-5-7-12-23)22-14-15-25(30)24(16-22)29(32,33)34/h5-16,19-20H,4,17-18H2,1-3H3,(H,35,39)/t19-,20+/m1/s1. The minimum absolute atomic E-state index is 0.0531. The van der Waals surface area contributed by atoms with E-state index in [9.17, 15) is 35.6 Å². The third-order valence-corrected chi connectivity index (χ3v) is 8.74. The lowest BCUT2D eigenvalue weighted by molar-refractivity contribution is -0.139. The molecule has 0 spiro atoms. The van der Waals surface area contributed by atoms with Gasteiger partial charge in [-0.25, -0.2) is 12.8 Å². The summed E-state index contributed by atoms with van der Waals surface area (Å²) in [6, 6.07) is 13.4.